The third-order valence-corrected chi connectivity index (χ3v) is 5.17. The molecule has 2 N–H and O–H groups in total. The second-order valence-electron chi connectivity index (χ2n) is 7.23. The number of piperidine rings is 1. The summed E-state index contributed by atoms with van der Waals surface area (Å²) in [5.41, 5.74) is 2.12. The Bertz CT molecular complexity index is 944. The van der Waals surface area contributed by atoms with Gasteiger partial charge in [-0.3, -0.25) is 5.10 Å². The number of hydrogen-bond acceptors (Lipinski definition) is 4. The van der Waals surface area contributed by atoms with Crippen LogP contribution >= 0.6 is 0 Å². The summed E-state index contributed by atoms with van der Waals surface area (Å²) in [5, 5.41) is 10.2. The zero-order valence-corrected chi connectivity index (χ0v) is 16.2. The first-order chi connectivity index (χ1) is 13.6. The number of amides is 2. The lowest BCUT2D eigenvalue weighted by molar-refractivity contribution is 0.178. The average Bonchev–Trinajstić information content (AvgIpc) is 3.35. The Morgan fingerprint density at radius 3 is 2.79 bits per heavy atom. The fraction of sp³-hybridized carbons (Fsp3) is 0.400. The summed E-state index contributed by atoms with van der Waals surface area (Å²) in [6.45, 7) is 5.79. The summed E-state index contributed by atoms with van der Waals surface area (Å²) in [7, 11) is 0. The van der Waals surface area contributed by atoms with E-state index in [-0.39, 0.29) is 11.9 Å². The van der Waals surface area contributed by atoms with Crippen molar-refractivity contribution in [2.24, 2.45) is 0 Å². The first kappa shape index (κ1) is 18.2. The van der Waals surface area contributed by atoms with E-state index in [1.165, 1.54) is 0 Å². The Labute approximate surface area is 164 Å². The van der Waals surface area contributed by atoms with Gasteiger partial charge in [0.25, 0.3) is 0 Å². The van der Waals surface area contributed by atoms with E-state index in [1.807, 2.05) is 53.8 Å². The first-order valence-electron chi connectivity index (χ1n) is 9.61. The highest BCUT2D eigenvalue weighted by Crippen LogP contribution is 2.24. The van der Waals surface area contributed by atoms with Crippen molar-refractivity contribution in [3.05, 3.63) is 59.7 Å². The van der Waals surface area contributed by atoms with Crippen LogP contribution in [-0.4, -0.2) is 48.8 Å². The minimum absolute atomic E-state index is 0.0357. The molecule has 0 radical (unpaired) electrons. The Morgan fingerprint density at radius 2 is 2.11 bits per heavy atom. The topological polar surface area (TPSA) is 91.7 Å². The fourth-order valence-corrected chi connectivity index (χ4v) is 3.63. The second kappa shape index (κ2) is 7.84. The number of carbonyl (C=O) groups is 1. The molecule has 1 aliphatic heterocycles. The molecule has 1 atom stereocenters. The lowest BCUT2D eigenvalue weighted by Gasteiger charge is -2.31. The maximum atomic E-state index is 12.6. The lowest BCUT2D eigenvalue weighted by atomic mass is 9.98. The number of benzene rings is 1. The smallest absolute Gasteiger partial charge is 0.317 e. The highest BCUT2D eigenvalue weighted by atomic mass is 16.2. The zero-order chi connectivity index (χ0) is 19.5. The molecule has 4 rings (SSSR count). The van der Waals surface area contributed by atoms with Gasteiger partial charge in [0.2, 0.25) is 0 Å². The molecule has 0 aliphatic carbocycles. The SMILES string of the molecule is Cc1nc([C@H]2CCCN(C(=O)NCc3ccc(-n4ccnc4C)cc3)C2)n[nH]1. The van der Waals surface area contributed by atoms with Crippen LogP contribution in [-0.2, 0) is 6.54 Å². The quantitative estimate of drug-likeness (QED) is 0.729. The molecule has 0 unspecified atom stereocenters. The number of hydrogen-bond donors (Lipinski definition) is 2. The molecule has 8 heteroatoms. The number of carbonyl (C=O) groups excluding carboxylic acids is 1. The van der Waals surface area contributed by atoms with Crippen molar-refractivity contribution in [1.82, 2.24) is 34.9 Å². The summed E-state index contributed by atoms with van der Waals surface area (Å²) in [6.07, 6.45) is 5.70. The molecule has 1 aromatic carbocycles. The second-order valence-corrected chi connectivity index (χ2v) is 7.23. The molecule has 1 saturated heterocycles. The molecule has 0 spiro atoms. The van der Waals surface area contributed by atoms with Crippen LogP contribution in [0.5, 0.6) is 0 Å². The van der Waals surface area contributed by atoms with Crippen LogP contribution in [0.2, 0.25) is 0 Å². The molecule has 8 nitrogen and oxygen atoms in total. The van der Waals surface area contributed by atoms with Crippen molar-refractivity contribution in [1.29, 1.82) is 0 Å². The van der Waals surface area contributed by atoms with Crippen molar-refractivity contribution in [3.63, 3.8) is 0 Å². The van der Waals surface area contributed by atoms with E-state index in [0.29, 0.717) is 13.1 Å². The summed E-state index contributed by atoms with van der Waals surface area (Å²) in [4.78, 5) is 23.1. The Hall–Kier alpha value is -3.16. The van der Waals surface area contributed by atoms with Crippen molar-refractivity contribution in [2.75, 3.05) is 13.1 Å². The van der Waals surface area contributed by atoms with Gasteiger partial charge in [0.05, 0.1) is 0 Å². The third-order valence-electron chi connectivity index (χ3n) is 5.17. The van der Waals surface area contributed by atoms with Crippen LogP contribution in [0.15, 0.2) is 36.7 Å². The third kappa shape index (κ3) is 3.90. The van der Waals surface area contributed by atoms with Gasteiger partial charge >= 0.3 is 6.03 Å². The minimum atomic E-state index is -0.0357. The van der Waals surface area contributed by atoms with Gasteiger partial charge in [-0.2, -0.15) is 5.10 Å². The Balaban J connectivity index is 1.33. The van der Waals surface area contributed by atoms with Gasteiger partial charge in [-0.1, -0.05) is 12.1 Å². The molecule has 28 heavy (non-hydrogen) atoms. The number of urea groups is 1. The number of nitrogens with zero attached hydrogens (tertiary/aromatic N) is 5. The first-order valence-corrected chi connectivity index (χ1v) is 9.61. The summed E-state index contributed by atoms with van der Waals surface area (Å²) in [6, 6.07) is 8.11. The van der Waals surface area contributed by atoms with Crippen LogP contribution in [0.25, 0.3) is 5.69 Å². The molecule has 2 amide bonds. The summed E-state index contributed by atoms with van der Waals surface area (Å²) < 4.78 is 2.03. The van der Waals surface area contributed by atoms with Gasteiger partial charge in [-0.05, 0) is 44.4 Å². The Kier molecular flexibility index (Phi) is 5.10. The van der Waals surface area contributed by atoms with Crippen LogP contribution < -0.4 is 5.32 Å². The van der Waals surface area contributed by atoms with Crippen molar-refractivity contribution >= 4 is 6.03 Å². The van der Waals surface area contributed by atoms with Crippen LogP contribution in [0, 0.1) is 13.8 Å². The summed E-state index contributed by atoms with van der Waals surface area (Å²) in [5.74, 6) is 2.76. The van der Waals surface area contributed by atoms with E-state index in [1.54, 1.807) is 6.20 Å². The van der Waals surface area contributed by atoms with Crippen LogP contribution in [0.4, 0.5) is 4.79 Å². The molecule has 0 saturated carbocycles. The van der Waals surface area contributed by atoms with E-state index >= 15 is 0 Å². The number of aromatic amines is 1. The standard InChI is InChI=1S/C20H25N7O/c1-14-23-19(25-24-14)17-4-3-10-26(13-17)20(28)22-12-16-5-7-18(8-6-16)27-11-9-21-15(27)2/h5-9,11,17H,3-4,10,12-13H2,1-2H3,(H,22,28)(H,23,24,25)/t17-/m0/s1. The van der Waals surface area contributed by atoms with Gasteiger partial charge in [0.15, 0.2) is 5.82 Å². The van der Waals surface area contributed by atoms with Crippen LogP contribution in [0.1, 0.15) is 41.8 Å². The minimum Gasteiger partial charge on any atom is -0.334 e. The number of likely N-dealkylation sites (tertiary alicyclic amines) is 1. The number of imidazole rings is 1. The zero-order valence-electron chi connectivity index (χ0n) is 16.2. The van der Waals surface area contributed by atoms with Gasteiger partial charge in [-0.25, -0.2) is 14.8 Å². The number of H-pyrrole nitrogens is 1. The van der Waals surface area contributed by atoms with E-state index in [0.717, 1.165) is 48.1 Å². The molecular formula is C20H25N7O. The number of nitrogens with one attached hydrogen (secondary N) is 2. The maximum absolute atomic E-state index is 12.6. The fourth-order valence-electron chi connectivity index (χ4n) is 3.63. The molecule has 2 aromatic heterocycles. The predicted octanol–water partition coefficient (Wildman–Crippen LogP) is 2.70. The highest BCUT2D eigenvalue weighted by molar-refractivity contribution is 5.74. The van der Waals surface area contributed by atoms with E-state index in [2.05, 4.69) is 25.5 Å². The van der Waals surface area contributed by atoms with Crippen molar-refractivity contribution < 1.29 is 4.79 Å². The van der Waals surface area contributed by atoms with Crippen molar-refractivity contribution in [3.8, 4) is 5.69 Å². The van der Waals surface area contributed by atoms with E-state index in [9.17, 15) is 4.79 Å². The number of aromatic nitrogens is 5. The molecule has 1 aliphatic rings. The van der Waals surface area contributed by atoms with Gasteiger partial charge in [-0.15, -0.1) is 0 Å². The molecule has 146 valence electrons. The van der Waals surface area contributed by atoms with Gasteiger partial charge in [0.1, 0.15) is 11.6 Å². The normalized spacial score (nSPS) is 16.9. The highest BCUT2D eigenvalue weighted by Gasteiger charge is 2.27. The lowest BCUT2D eigenvalue weighted by Crippen LogP contribution is -2.44. The maximum Gasteiger partial charge on any atom is 0.317 e. The number of rotatable bonds is 4. The Morgan fingerprint density at radius 1 is 1.29 bits per heavy atom. The predicted molar refractivity (Wildman–Crippen MR) is 105 cm³/mol. The summed E-state index contributed by atoms with van der Waals surface area (Å²) >= 11 is 0. The largest absolute Gasteiger partial charge is 0.334 e. The molecule has 3 aromatic rings. The van der Waals surface area contributed by atoms with Crippen LogP contribution in [0.3, 0.4) is 0 Å². The molecular weight excluding hydrogens is 354 g/mol. The van der Waals surface area contributed by atoms with E-state index < -0.39 is 0 Å². The molecule has 3 heterocycles. The molecule has 1 fully saturated rings. The monoisotopic (exact) mass is 379 g/mol. The van der Waals surface area contributed by atoms with Gasteiger partial charge in [0, 0.05) is 43.6 Å². The number of aryl methyl sites for hydroxylation is 2. The van der Waals surface area contributed by atoms with Gasteiger partial charge < -0.3 is 14.8 Å². The van der Waals surface area contributed by atoms with Crippen molar-refractivity contribution in [2.45, 2.75) is 39.2 Å². The van der Waals surface area contributed by atoms with E-state index in [4.69, 9.17) is 0 Å². The molecule has 0 bridgehead atoms. The average molecular weight is 379 g/mol.